The third-order valence-corrected chi connectivity index (χ3v) is 7.43. The van der Waals surface area contributed by atoms with Crippen LogP contribution in [0.2, 0.25) is 0 Å². The van der Waals surface area contributed by atoms with Gasteiger partial charge in [0.2, 0.25) is 11.0 Å². The monoisotopic (exact) mass is 435 g/mol. The number of carbonyl (C=O) groups excluding carboxylic acids is 1. The average Bonchev–Trinajstić information content (AvgIpc) is 3.32. The second kappa shape index (κ2) is 9.06. The minimum atomic E-state index is -0.104. The van der Waals surface area contributed by atoms with Gasteiger partial charge in [0.25, 0.3) is 0 Å². The number of amides is 1. The van der Waals surface area contributed by atoms with E-state index in [-0.39, 0.29) is 11.7 Å². The van der Waals surface area contributed by atoms with Gasteiger partial charge in [0.15, 0.2) is 9.47 Å². The van der Waals surface area contributed by atoms with Crippen LogP contribution in [0.1, 0.15) is 32.1 Å². The highest BCUT2D eigenvalue weighted by Gasteiger charge is 2.16. The predicted molar refractivity (Wildman–Crippen MR) is 116 cm³/mol. The van der Waals surface area contributed by atoms with Crippen molar-refractivity contribution in [1.82, 2.24) is 15.2 Å². The summed E-state index contributed by atoms with van der Waals surface area (Å²) in [6.07, 6.45) is 6.26. The van der Waals surface area contributed by atoms with E-state index in [0.29, 0.717) is 11.2 Å². The van der Waals surface area contributed by atoms with E-state index in [9.17, 15) is 4.79 Å². The van der Waals surface area contributed by atoms with Crippen LogP contribution in [0.25, 0.3) is 10.2 Å². The molecule has 2 N–H and O–H groups in total. The summed E-state index contributed by atoms with van der Waals surface area (Å²) in [7, 11) is 1.63. The van der Waals surface area contributed by atoms with Crippen molar-refractivity contribution in [2.75, 3.05) is 23.5 Å². The van der Waals surface area contributed by atoms with E-state index < -0.39 is 0 Å². The summed E-state index contributed by atoms with van der Waals surface area (Å²) in [4.78, 5) is 16.7. The molecule has 10 heteroatoms. The number of aromatic nitrogens is 3. The van der Waals surface area contributed by atoms with Crippen molar-refractivity contribution in [3.8, 4) is 5.75 Å². The molecule has 0 unspecified atom stereocenters. The third kappa shape index (κ3) is 4.92. The average molecular weight is 436 g/mol. The molecule has 1 fully saturated rings. The number of hydrogen-bond donors (Lipinski definition) is 2. The second-order valence-corrected chi connectivity index (χ2v) is 9.77. The van der Waals surface area contributed by atoms with Gasteiger partial charge in [-0.1, -0.05) is 53.7 Å². The van der Waals surface area contributed by atoms with Crippen molar-refractivity contribution < 1.29 is 9.53 Å². The molecule has 1 saturated carbocycles. The molecule has 0 radical (unpaired) electrons. The zero-order chi connectivity index (χ0) is 19.3. The molecule has 0 aliphatic heterocycles. The topological polar surface area (TPSA) is 89.0 Å². The maximum Gasteiger partial charge on any atom is 0.236 e. The summed E-state index contributed by atoms with van der Waals surface area (Å²) in [5, 5.41) is 16.1. The van der Waals surface area contributed by atoms with E-state index in [2.05, 4.69) is 25.8 Å². The van der Waals surface area contributed by atoms with Crippen molar-refractivity contribution >= 4 is 60.8 Å². The summed E-state index contributed by atoms with van der Waals surface area (Å²) in [5.74, 6) is 0.948. The molecule has 28 heavy (non-hydrogen) atoms. The van der Waals surface area contributed by atoms with Crippen molar-refractivity contribution in [2.24, 2.45) is 0 Å². The molecule has 0 bridgehead atoms. The minimum absolute atomic E-state index is 0.104. The van der Waals surface area contributed by atoms with E-state index in [1.807, 2.05) is 18.2 Å². The number of thioether (sulfide) groups is 1. The number of hydrogen-bond acceptors (Lipinski definition) is 9. The first-order valence-corrected chi connectivity index (χ1v) is 11.8. The van der Waals surface area contributed by atoms with Gasteiger partial charge in [0, 0.05) is 6.04 Å². The Morgan fingerprint density at radius 3 is 2.89 bits per heavy atom. The van der Waals surface area contributed by atoms with Crippen LogP contribution >= 0.6 is 34.4 Å². The molecule has 0 spiro atoms. The van der Waals surface area contributed by atoms with Crippen LogP contribution in [0.15, 0.2) is 22.5 Å². The lowest BCUT2D eigenvalue weighted by molar-refractivity contribution is -0.113. The smallest absolute Gasteiger partial charge is 0.236 e. The number of rotatable bonds is 7. The highest BCUT2D eigenvalue weighted by molar-refractivity contribution is 8.01. The molecule has 2 heterocycles. The normalized spacial score (nSPS) is 14.9. The van der Waals surface area contributed by atoms with Crippen molar-refractivity contribution in [1.29, 1.82) is 0 Å². The Balaban J connectivity index is 1.28. The lowest BCUT2D eigenvalue weighted by Gasteiger charge is -2.21. The van der Waals surface area contributed by atoms with Crippen LogP contribution in [0.3, 0.4) is 0 Å². The van der Waals surface area contributed by atoms with Gasteiger partial charge in [-0.15, -0.1) is 10.2 Å². The molecule has 1 aliphatic carbocycles. The zero-order valence-electron chi connectivity index (χ0n) is 15.4. The summed E-state index contributed by atoms with van der Waals surface area (Å²) < 4.78 is 6.99. The first-order chi connectivity index (χ1) is 13.7. The lowest BCUT2D eigenvalue weighted by atomic mass is 9.96. The summed E-state index contributed by atoms with van der Waals surface area (Å²) in [6, 6.07) is 6.16. The molecule has 1 aliphatic rings. The minimum Gasteiger partial charge on any atom is -0.497 e. The number of anilines is 2. The van der Waals surface area contributed by atoms with Gasteiger partial charge in [-0.25, -0.2) is 4.98 Å². The highest BCUT2D eigenvalue weighted by atomic mass is 32.2. The summed E-state index contributed by atoms with van der Waals surface area (Å²) in [5.41, 5.74) is 0.844. The Hall–Kier alpha value is -1.91. The van der Waals surface area contributed by atoms with Gasteiger partial charge in [-0.2, -0.15) is 0 Å². The molecular formula is C18H21N5O2S3. The molecule has 1 amide bonds. The molecule has 148 valence electrons. The van der Waals surface area contributed by atoms with E-state index >= 15 is 0 Å². The fraction of sp³-hybridized carbons (Fsp3) is 0.444. The summed E-state index contributed by atoms with van der Waals surface area (Å²) in [6.45, 7) is 0. The molecule has 7 nitrogen and oxygen atoms in total. The van der Waals surface area contributed by atoms with Crippen LogP contribution in [0, 0.1) is 0 Å². The molecule has 4 rings (SSSR count). The Kier molecular flexibility index (Phi) is 6.28. The first kappa shape index (κ1) is 19.4. The molecule has 1 aromatic carbocycles. The van der Waals surface area contributed by atoms with Crippen molar-refractivity contribution in [3.05, 3.63) is 18.2 Å². The van der Waals surface area contributed by atoms with E-state index in [1.165, 1.54) is 66.5 Å². The van der Waals surface area contributed by atoms with Crippen LogP contribution < -0.4 is 15.4 Å². The van der Waals surface area contributed by atoms with Gasteiger partial charge in [0.1, 0.15) is 5.75 Å². The third-order valence-electron chi connectivity index (χ3n) is 4.51. The molecule has 0 saturated heterocycles. The Labute approximate surface area is 175 Å². The standard InChI is InChI=1S/C18H21N5O2S3/c1-25-12-7-8-13-14(9-12)27-16(20-13)21-15(24)10-26-18-23-22-17(28-18)19-11-5-3-2-4-6-11/h7-9,11H,2-6,10H2,1H3,(H,19,22)(H,20,21,24). The van der Waals surface area contributed by atoms with Crippen molar-refractivity contribution in [2.45, 2.75) is 42.5 Å². The Morgan fingerprint density at radius 2 is 2.07 bits per heavy atom. The number of fused-ring (bicyclic) bond motifs is 1. The van der Waals surface area contributed by atoms with E-state index in [1.54, 1.807) is 7.11 Å². The number of carbonyl (C=O) groups is 1. The van der Waals surface area contributed by atoms with E-state index in [4.69, 9.17) is 4.74 Å². The lowest BCUT2D eigenvalue weighted by Crippen LogP contribution is -2.21. The second-order valence-electron chi connectivity index (χ2n) is 6.54. The number of nitrogens with one attached hydrogen (secondary N) is 2. The molecule has 3 aromatic rings. The predicted octanol–water partition coefficient (Wildman–Crippen LogP) is 4.63. The van der Waals surface area contributed by atoms with Gasteiger partial charge in [0.05, 0.1) is 23.1 Å². The van der Waals surface area contributed by atoms with Crippen molar-refractivity contribution in [3.63, 3.8) is 0 Å². The van der Waals surface area contributed by atoms with Gasteiger partial charge in [-0.05, 0) is 31.0 Å². The Bertz CT molecular complexity index is 952. The number of thiazole rings is 1. The van der Waals surface area contributed by atoms with Crippen LogP contribution in [-0.2, 0) is 4.79 Å². The number of benzene rings is 1. The molecular weight excluding hydrogens is 414 g/mol. The molecule has 2 aromatic heterocycles. The fourth-order valence-electron chi connectivity index (χ4n) is 3.12. The quantitative estimate of drug-likeness (QED) is 0.523. The number of methoxy groups -OCH3 is 1. The molecule has 0 atom stereocenters. The maximum absolute atomic E-state index is 12.3. The number of ether oxygens (including phenoxy) is 1. The summed E-state index contributed by atoms with van der Waals surface area (Å²) >= 11 is 4.33. The first-order valence-electron chi connectivity index (χ1n) is 9.17. The van der Waals surface area contributed by atoms with E-state index in [0.717, 1.165) is 25.4 Å². The van der Waals surface area contributed by atoms with Crippen LogP contribution in [-0.4, -0.2) is 40.0 Å². The zero-order valence-corrected chi connectivity index (χ0v) is 17.9. The fourth-order valence-corrected chi connectivity index (χ4v) is 5.66. The maximum atomic E-state index is 12.3. The SMILES string of the molecule is COc1ccc2nc(NC(=O)CSc3nnc(NC4CCCCC4)s3)sc2c1. The highest BCUT2D eigenvalue weighted by Crippen LogP contribution is 2.30. The van der Waals surface area contributed by atoms with Gasteiger partial charge < -0.3 is 15.4 Å². The van der Waals surface area contributed by atoms with Crippen LogP contribution in [0.5, 0.6) is 5.75 Å². The van der Waals surface area contributed by atoms with Gasteiger partial charge >= 0.3 is 0 Å². The largest absolute Gasteiger partial charge is 0.497 e. The Morgan fingerprint density at radius 1 is 1.21 bits per heavy atom. The number of nitrogens with zero attached hydrogens (tertiary/aromatic N) is 3. The van der Waals surface area contributed by atoms with Gasteiger partial charge in [-0.3, -0.25) is 4.79 Å². The van der Waals surface area contributed by atoms with Crippen LogP contribution in [0.4, 0.5) is 10.3 Å².